The second kappa shape index (κ2) is 7.99. The molecule has 0 saturated carbocycles. The van der Waals surface area contributed by atoms with Crippen molar-refractivity contribution in [3.63, 3.8) is 0 Å². The summed E-state index contributed by atoms with van der Waals surface area (Å²) in [5, 5.41) is 14.3. The van der Waals surface area contributed by atoms with E-state index in [-0.39, 0.29) is 24.4 Å². The summed E-state index contributed by atoms with van der Waals surface area (Å²) < 4.78 is 5.26. The molecule has 1 fully saturated rings. The van der Waals surface area contributed by atoms with Crippen LogP contribution in [0.2, 0.25) is 0 Å². The molecule has 1 aliphatic rings. The van der Waals surface area contributed by atoms with Crippen molar-refractivity contribution in [3.8, 4) is 0 Å². The molecule has 0 bridgehead atoms. The number of ether oxygens (including phenoxy) is 1. The summed E-state index contributed by atoms with van der Waals surface area (Å²) >= 11 is 0. The van der Waals surface area contributed by atoms with Crippen molar-refractivity contribution in [2.45, 2.75) is 39.2 Å². The van der Waals surface area contributed by atoms with Gasteiger partial charge in [-0.05, 0) is 24.7 Å². The fourth-order valence-electron chi connectivity index (χ4n) is 2.06. The largest absolute Gasteiger partial charge is 0.481 e. The van der Waals surface area contributed by atoms with Crippen molar-refractivity contribution < 1.29 is 19.4 Å². The SMILES string of the molecule is CC(C)C(CC(=O)O)NC(=O)NCCC1CCOC1. The zero-order valence-corrected chi connectivity index (χ0v) is 11.6. The van der Waals surface area contributed by atoms with Crippen LogP contribution in [0.3, 0.4) is 0 Å². The number of nitrogens with one attached hydrogen (secondary N) is 2. The van der Waals surface area contributed by atoms with E-state index in [2.05, 4.69) is 10.6 Å². The third kappa shape index (κ3) is 6.42. The summed E-state index contributed by atoms with van der Waals surface area (Å²) in [7, 11) is 0. The van der Waals surface area contributed by atoms with Gasteiger partial charge in [0.2, 0.25) is 0 Å². The molecule has 2 atom stereocenters. The van der Waals surface area contributed by atoms with Crippen LogP contribution in [0.5, 0.6) is 0 Å². The predicted octanol–water partition coefficient (Wildman–Crippen LogP) is 1.21. The highest BCUT2D eigenvalue weighted by Gasteiger charge is 2.20. The van der Waals surface area contributed by atoms with E-state index in [0.29, 0.717) is 12.5 Å². The first kappa shape index (κ1) is 15.8. The maximum atomic E-state index is 11.7. The fraction of sp³-hybridized carbons (Fsp3) is 0.846. The summed E-state index contributed by atoms with van der Waals surface area (Å²) in [4.78, 5) is 22.4. The average molecular weight is 272 g/mol. The lowest BCUT2D eigenvalue weighted by molar-refractivity contribution is -0.137. The first-order valence-corrected chi connectivity index (χ1v) is 6.83. The smallest absolute Gasteiger partial charge is 0.315 e. The third-order valence-electron chi connectivity index (χ3n) is 3.38. The van der Waals surface area contributed by atoms with Crippen LogP contribution < -0.4 is 10.6 Å². The maximum Gasteiger partial charge on any atom is 0.315 e. The Balaban J connectivity index is 2.21. The van der Waals surface area contributed by atoms with Crippen LogP contribution in [0.25, 0.3) is 0 Å². The maximum absolute atomic E-state index is 11.7. The lowest BCUT2D eigenvalue weighted by atomic mass is 10.0. The minimum absolute atomic E-state index is 0.0540. The van der Waals surface area contributed by atoms with Gasteiger partial charge in [0, 0.05) is 25.8 Å². The van der Waals surface area contributed by atoms with Gasteiger partial charge in [0.05, 0.1) is 6.42 Å². The third-order valence-corrected chi connectivity index (χ3v) is 3.38. The van der Waals surface area contributed by atoms with E-state index in [1.807, 2.05) is 13.8 Å². The van der Waals surface area contributed by atoms with Gasteiger partial charge in [-0.1, -0.05) is 13.8 Å². The number of hydrogen-bond donors (Lipinski definition) is 3. The Morgan fingerprint density at radius 3 is 2.68 bits per heavy atom. The molecule has 0 aliphatic carbocycles. The Morgan fingerprint density at radius 2 is 2.16 bits per heavy atom. The molecular formula is C13H24N2O4. The van der Waals surface area contributed by atoms with Gasteiger partial charge >= 0.3 is 12.0 Å². The van der Waals surface area contributed by atoms with Gasteiger partial charge in [-0.2, -0.15) is 0 Å². The second-order valence-corrected chi connectivity index (χ2v) is 5.37. The number of carboxylic acids is 1. The van der Waals surface area contributed by atoms with E-state index in [0.717, 1.165) is 26.1 Å². The van der Waals surface area contributed by atoms with Crippen molar-refractivity contribution in [2.75, 3.05) is 19.8 Å². The zero-order chi connectivity index (χ0) is 14.3. The van der Waals surface area contributed by atoms with Gasteiger partial charge in [-0.25, -0.2) is 4.79 Å². The van der Waals surface area contributed by atoms with Crippen molar-refractivity contribution in [2.24, 2.45) is 11.8 Å². The van der Waals surface area contributed by atoms with Crippen molar-refractivity contribution in [1.82, 2.24) is 10.6 Å². The number of carbonyl (C=O) groups is 2. The number of carboxylic acid groups (broad SMARTS) is 1. The normalized spacial score (nSPS) is 20.3. The fourth-order valence-corrected chi connectivity index (χ4v) is 2.06. The van der Waals surface area contributed by atoms with Gasteiger partial charge in [-0.15, -0.1) is 0 Å². The lowest BCUT2D eigenvalue weighted by Crippen LogP contribution is -2.45. The van der Waals surface area contributed by atoms with Crippen molar-refractivity contribution in [1.29, 1.82) is 0 Å². The minimum Gasteiger partial charge on any atom is -0.481 e. The van der Waals surface area contributed by atoms with Crippen LogP contribution in [0.15, 0.2) is 0 Å². The van der Waals surface area contributed by atoms with E-state index < -0.39 is 5.97 Å². The molecule has 19 heavy (non-hydrogen) atoms. The molecule has 6 heteroatoms. The minimum atomic E-state index is -0.901. The van der Waals surface area contributed by atoms with Gasteiger partial charge in [0.1, 0.15) is 0 Å². The van der Waals surface area contributed by atoms with E-state index in [1.165, 1.54) is 0 Å². The topological polar surface area (TPSA) is 87.7 Å². The van der Waals surface area contributed by atoms with Gasteiger partial charge in [0.15, 0.2) is 0 Å². The molecule has 1 heterocycles. The lowest BCUT2D eigenvalue weighted by Gasteiger charge is -2.21. The second-order valence-electron chi connectivity index (χ2n) is 5.37. The Labute approximate surface area is 113 Å². The Kier molecular flexibility index (Phi) is 6.62. The number of rotatable bonds is 7. The molecule has 110 valence electrons. The van der Waals surface area contributed by atoms with Crippen molar-refractivity contribution in [3.05, 3.63) is 0 Å². The highest BCUT2D eigenvalue weighted by atomic mass is 16.5. The van der Waals surface area contributed by atoms with Gasteiger partial charge < -0.3 is 20.5 Å². The summed E-state index contributed by atoms with van der Waals surface area (Å²) in [5.74, 6) is -0.285. The molecule has 6 nitrogen and oxygen atoms in total. The van der Waals surface area contributed by atoms with Crippen LogP contribution in [0.4, 0.5) is 4.79 Å². The molecular weight excluding hydrogens is 248 g/mol. The predicted molar refractivity (Wildman–Crippen MR) is 71.0 cm³/mol. The zero-order valence-electron chi connectivity index (χ0n) is 11.6. The van der Waals surface area contributed by atoms with E-state index in [9.17, 15) is 9.59 Å². The molecule has 0 aromatic heterocycles. The number of amides is 2. The Morgan fingerprint density at radius 1 is 1.42 bits per heavy atom. The highest BCUT2D eigenvalue weighted by molar-refractivity contribution is 5.75. The molecule has 0 aromatic rings. The molecule has 1 aliphatic heterocycles. The van der Waals surface area contributed by atoms with E-state index >= 15 is 0 Å². The molecule has 1 rings (SSSR count). The standard InChI is InChI=1S/C13H24N2O4/c1-9(2)11(7-12(16)17)15-13(18)14-5-3-10-4-6-19-8-10/h9-11H,3-8H2,1-2H3,(H,16,17)(H2,14,15,18). The van der Waals surface area contributed by atoms with Crippen LogP contribution >= 0.6 is 0 Å². The molecule has 3 N–H and O–H groups in total. The molecule has 2 amide bonds. The van der Waals surface area contributed by atoms with E-state index in [1.54, 1.807) is 0 Å². The number of urea groups is 1. The van der Waals surface area contributed by atoms with Crippen LogP contribution in [0, 0.1) is 11.8 Å². The summed E-state index contributed by atoms with van der Waals surface area (Å²) in [6.45, 7) is 5.97. The highest BCUT2D eigenvalue weighted by Crippen LogP contribution is 2.15. The molecule has 0 spiro atoms. The summed E-state index contributed by atoms with van der Waals surface area (Å²) in [6, 6.07) is -0.633. The Hall–Kier alpha value is -1.30. The summed E-state index contributed by atoms with van der Waals surface area (Å²) in [5.41, 5.74) is 0. The van der Waals surface area contributed by atoms with Crippen molar-refractivity contribution >= 4 is 12.0 Å². The summed E-state index contributed by atoms with van der Waals surface area (Å²) in [6.07, 6.45) is 1.90. The van der Waals surface area contributed by atoms with Gasteiger partial charge in [0.25, 0.3) is 0 Å². The van der Waals surface area contributed by atoms with E-state index in [4.69, 9.17) is 9.84 Å². The Bertz CT molecular complexity index is 301. The average Bonchev–Trinajstić information content (AvgIpc) is 2.80. The first-order chi connectivity index (χ1) is 8.99. The van der Waals surface area contributed by atoms with Crippen LogP contribution in [-0.2, 0) is 9.53 Å². The number of aliphatic carboxylic acids is 1. The first-order valence-electron chi connectivity index (χ1n) is 6.83. The van der Waals surface area contributed by atoms with Gasteiger partial charge in [-0.3, -0.25) is 4.79 Å². The number of hydrogen-bond acceptors (Lipinski definition) is 3. The monoisotopic (exact) mass is 272 g/mol. The number of carbonyl (C=O) groups excluding carboxylic acids is 1. The quantitative estimate of drug-likeness (QED) is 0.650. The molecule has 0 aromatic carbocycles. The molecule has 1 saturated heterocycles. The van der Waals surface area contributed by atoms with Crippen LogP contribution in [-0.4, -0.2) is 42.9 Å². The molecule has 2 unspecified atom stereocenters. The van der Waals surface area contributed by atoms with Crippen LogP contribution in [0.1, 0.15) is 33.1 Å². The molecule has 0 radical (unpaired) electrons.